The Morgan fingerprint density at radius 3 is 2.61 bits per heavy atom. The van der Waals surface area contributed by atoms with Crippen LogP contribution in [0.5, 0.6) is 5.75 Å². The highest BCUT2D eigenvalue weighted by atomic mass is 32.2. The fourth-order valence-corrected chi connectivity index (χ4v) is 3.01. The van der Waals surface area contributed by atoms with Crippen molar-refractivity contribution in [3.63, 3.8) is 0 Å². The minimum Gasteiger partial charge on any atom is -0.483 e. The van der Waals surface area contributed by atoms with Crippen LogP contribution in [0.3, 0.4) is 0 Å². The normalized spacial score (nSPS) is 11.7. The van der Waals surface area contributed by atoms with Crippen molar-refractivity contribution in [2.75, 3.05) is 18.9 Å². The number of hydrogen-bond acceptors (Lipinski definition) is 3. The molecule has 0 aromatic heterocycles. The van der Waals surface area contributed by atoms with Gasteiger partial charge in [-0.05, 0) is 43.2 Å². The predicted molar refractivity (Wildman–Crippen MR) is 92.1 cm³/mol. The average molecular weight is 331 g/mol. The Hall–Kier alpha value is -2.14. The predicted octanol–water partition coefficient (Wildman–Crippen LogP) is 2.61. The molecule has 4 nitrogen and oxygen atoms in total. The molecular weight excluding hydrogens is 310 g/mol. The van der Waals surface area contributed by atoms with Gasteiger partial charge >= 0.3 is 0 Å². The Labute approximate surface area is 139 Å². The minimum absolute atomic E-state index is 0.0394. The average Bonchev–Trinajstić information content (AvgIpc) is 2.56. The first kappa shape index (κ1) is 17.2. The molecule has 1 amide bonds. The Morgan fingerprint density at radius 2 is 1.87 bits per heavy atom. The van der Waals surface area contributed by atoms with Crippen LogP contribution in [0, 0.1) is 13.8 Å². The molecule has 0 spiro atoms. The summed E-state index contributed by atoms with van der Waals surface area (Å²) in [4.78, 5) is 12.6. The molecule has 23 heavy (non-hydrogen) atoms. The van der Waals surface area contributed by atoms with Crippen molar-refractivity contribution in [3.8, 4) is 5.75 Å². The van der Waals surface area contributed by atoms with E-state index in [1.54, 1.807) is 0 Å². The van der Waals surface area contributed by atoms with Gasteiger partial charge in [-0.1, -0.05) is 30.3 Å². The highest BCUT2D eigenvalue weighted by Crippen LogP contribution is 2.18. The van der Waals surface area contributed by atoms with Gasteiger partial charge in [0.25, 0.3) is 5.91 Å². The Balaban J connectivity index is 1.73. The third kappa shape index (κ3) is 5.53. The zero-order valence-corrected chi connectivity index (χ0v) is 14.2. The van der Waals surface area contributed by atoms with Crippen LogP contribution in [0.1, 0.15) is 11.1 Å². The van der Waals surface area contributed by atoms with Gasteiger partial charge in [-0.25, -0.2) is 0 Å². The number of carbonyl (C=O) groups excluding carboxylic acids is 1. The lowest BCUT2D eigenvalue weighted by molar-refractivity contribution is -0.122. The smallest absolute Gasteiger partial charge is 0.257 e. The fraction of sp³-hybridized carbons (Fsp3) is 0.278. The van der Waals surface area contributed by atoms with E-state index in [1.807, 2.05) is 62.4 Å². The lowest BCUT2D eigenvalue weighted by Gasteiger charge is -2.10. The Morgan fingerprint density at radius 1 is 1.13 bits per heavy atom. The maximum atomic E-state index is 12.0. The van der Waals surface area contributed by atoms with Crippen molar-refractivity contribution < 1.29 is 13.7 Å². The molecule has 0 aliphatic rings. The molecule has 0 unspecified atom stereocenters. The summed E-state index contributed by atoms with van der Waals surface area (Å²) in [5.74, 6) is 0.892. The van der Waals surface area contributed by atoms with Crippen molar-refractivity contribution in [3.05, 3.63) is 59.7 Å². The second kappa shape index (κ2) is 8.48. The molecule has 0 bridgehead atoms. The number of aryl methyl sites for hydroxylation is 2. The van der Waals surface area contributed by atoms with Crippen LogP contribution in [0.15, 0.2) is 53.4 Å². The third-order valence-electron chi connectivity index (χ3n) is 3.32. The molecule has 0 saturated carbocycles. The van der Waals surface area contributed by atoms with Gasteiger partial charge in [0.05, 0.1) is 10.8 Å². The summed E-state index contributed by atoms with van der Waals surface area (Å²) in [6, 6.07) is 15.1. The third-order valence-corrected chi connectivity index (χ3v) is 4.69. The highest BCUT2D eigenvalue weighted by Gasteiger charge is 2.07. The van der Waals surface area contributed by atoms with E-state index in [1.165, 1.54) is 0 Å². The summed E-state index contributed by atoms with van der Waals surface area (Å²) >= 11 is 0. The molecule has 2 aromatic carbocycles. The van der Waals surface area contributed by atoms with Gasteiger partial charge in [-0.3, -0.25) is 9.00 Å². The van der Waals surface area contributed by atoms with Gasteiger partial charge in [-0.2, -0.15) is 0 Å². The Kier molecular flexibility index (Phi) is 6.35. The van der Waals surface area contributed by atoms with Gasteiger partial charge in [0.1, 0.15) is 5.75 Å². The number of rotatable bonds is 7. The number of carbonyl (C=O) groups is 1. The van der Waals surface area contributed by atoms with Crippen LogP contribution in [-0.4, -0.2) is 29.0 Å². The number of amides is 1. The fourth-order valence-electron chi connectivity index (χ4n) is 2.03. The van der Waals surface area contributed by atoms with E-state index in [-0.39, 0.29) is 12.5 Å². The van der Waals surface area contributed by atoms with Gasteiger partial charge in [0, 0.05) is 17.2 Å². The van der Waals surface area contributed by atoms with Gasteiger partial charge < -0.3 is 10.1 Å². The highest BCUT2D eigenvalue weighted by molar-refractivity contribution is 7.85. The lowest BCUT2D eigenvalue weighted by Crippen LogP contribution is -2.32. The number of hydrogen-bond donors (Lipinski definition) is 1. The molecule has 1 N–H and O–H groups in total. The van der Waals surface area contributed by atoms with E-state index < -0.39 is 10.8 Å². The van der Waals surface area contributed by atoms with Gasteiger partial charge in [-0.15, -0.1) is 0 Å². The largest absolute Gasteiger partial charge is 0.483 e. The van der Waals surface area contributed by atoms with Crippen LogP contribution in [-0.2, 0) is 15.6 Å². The van der Waals surface area contributed by atoms with Crippen molar-refractivity contribution in [1.82, 2.24) is 5.32 Å². The zero-order chi connectivity index (χ0) is 16.7. The van der Waals surface area contributed by atoms with E-state index in [4.69, 9.17) is 4.74 Å². The zero-order valence-electron chi connectivity index (χ0n) is 13.4. The topological polar surface area (TPSA) is 55.4 Å². The molecule has 2 rings (SSSR count). The summed E-state index contributed by atoms with van der Waals surface area (Å²) in [6.45, 7) is 4.24. The van der Waals surface area contributed by atoms with Crippen LogP contribution in [0.4, 0.5) is 0 Å². The van der Waals surface area contributed by atoms with Gasteiger partial charge in [0.15, 0.2) is 6.61 Å². The number of benzene rings is 2. The van der Waals surface area contributed by atoms with E-state index in [9.17, 15) is 9.00 Å². The molecule has 1 atom stereocenters. The molecule has 2 aromatic rings. The van der Waals surface area contributed by atoms with Crippen LogP contribution in [0.25, 0.3) is 0 Å². The maximum Gasteiger partial charge on any atom is 0.257 e. The molecule has 122 valence electrons. The molecule has 0 fully saturated rings. The van der Waals surface area contributed by atoms with Gasteiger partial charge in [0.2, 0.25) is 0 Å². The molecule has 0 saturated heterocycles. The molecule has 0 aliphatic heterocycles. The second-order valence-corrected chi connectivity index (χ2v) is 6.84. The summed E-state index contributed by atoms with van der Waals surface area (Å²) < 4.78 is 17.5. The summed E-state index contributed by atoms with van der Waals surface area (Å²) in [5.41, 5.74) is 2.08. The number of nitrogens with one attached hydrogen (secondary N) is 1. The van der Waals surface area contributed by atoms with Crippen molar-refractivity contribution in [2.24, 2.45) is 0 Å². The van der Waals surface area contributed by atoms with Crippen LogP contribution >= 0.6 is 0 Å². The maximum absolute atomic E-state index is 12.0. The molecule has 0 heterocycles. The van der Waals surface area contributed by atoms with E-state index in [0.717, 1.165) is 16.0 Å². The number of ether oxygens (including phenoxy) is 1. The summed E-state index contributed by atoms with van der Waals surface area (Å²) in [7, 11) is -1.10. The van der Waals surface area contributed by atoms with Crippen molar-refractivity contribution >= 4 is 16.7 Å². The minimum atomic E-state index is -1.10. The van der Waals surface area contributed by atoms with Crippen LogP contribution < -0.4 is 10.1 Å². The monoisotopic (exact) mass is 331 g/mol. The van der Waals surface area contributed by atoms with Crippen molar-refractivity contribution in [2.45, 2.75) is 18.7 Å². The molecule has 0 radical (unpaired) electrons. The first-order chi connectivity index (χ1) is 11.1. The summed E-state index contributed by atoms with van der Waals surface area (Å²) in [6.07, 6.45) is 0. The van der Waals surface area contributed by atoms with E-state index >= 15 is 0 Å². The SMILES string of the molecule is Cc1ccc(C)c(OCC(=O)NCC[S@](=O)c2ccccc2)c1. The van der Waals surface area contributed by atoms with Crippen molar-refractivity contribution in [1.29, 1.82) is 0 Å². The van der Waals surface area contributed by atoms with Crippen LogP contribution in [0.2, 0.25) is 0 Å². The summed E-state index contributed by atoms with van der Waals surface area (Å²) in [5, 5.41) is 2.73. The Bertz CT molecular complexity index is 686. The molecule has 5 heteroatoms. The standard InChI is InChI=1S/C18H21NO3S/c1-14-8-9-15(2)17(12-14)22-13-18(20)19-10-11-23(21)16-6-4-3-5-7-16/h3-9,12H,10-11,13H2,1-2H3,(H,19,20)/t23-/m0/s1. The first-order valence-electron chi connectivity index (χ1n) is 7.46. The van der Waals surface area contributed by atoms with E-state index in [0.29, 0.717) is 18.0 Å². The quantitative estimate of drug-likeness (QED) is 0.848. The first-order valence-corrected chi connectivity index (χ1v) is 8.78. The molecule has 0 aliphatic carbocycles. The van der Waals surface area contributed by atoms with E-state index in [2.05, 4.69) is 5.32 Å². The molecular formula is C18H21NO3S. The second-order valence-electron chi connectivity index (χ2n) is 5.27. The lowest BCUT2D eigenvalue weighted by atomic mass is 10.1.